The first kappa shape index (κ1) is 17.5. The van der Waals surface area contributed by atoms with Crippen LogP contribution in [0.15, 0.2) is 5.03 Å². The van der Waals surface area contributed by atoms with Crippen LogP contribution in [0.25, 0.3) is 0 Å². The SMILES string of the molecule is COC(=O)c1nc(Cl)c(SC)nc1NC(=O)OC(C)(C)C. The Morgan fingerprint density at radius 3 is 2.38 bits per heavy atom. The van der Waals surface area contributed by atoms with Crippen molar-refractivity contribution >= 4 is 41.2 Å². The van der Waals surface area contributed by atoms with Gasteiger partial charge in [0.05, 0.1) is 7.11 Å². The number of thioether (sulfide) groups is 1. The molecule has 0 spiro atoms. The first-order valence-electron chi connectivity index (χ1n) is 5.87. The number of aromatic nitrogens is 2. The normalized spacial score (nSPS) is 11.0. The largest absolute Gasteiger partial charge is 0.464 e. The van der Waals surface area contributed by atoms with Crippen LogP contribution in [-0.2, 0) is 9.47 Å². The number of ether oxygens (including phenoxy) is 2. The van der Waals surface area contributed by atoms with E-state index in [0.717, 1.165) is 0 Å². The predicted molar refractivity (Wildman–Crippen MR) is 80.0 cm³/mol. The Bertz CT molecular complexity index is 560. The van der Waals surface area contributed by atoms with Crippen LogP contribution in [0.3, 0.4) is 0 Å². The van der Waals surface area contributed by atoms with E-state index in [0.29, 0.717) is 5.03 Å². The van der Waals surface area contributed by atoms with Crippen LogP contribution in [0.2, 0.25) is 5.15 Å². The molecule has 1 amide bonds. The highest BCUT2D eigenvalue weighted by atomic mass is 35.5. The zero-order valence-electron chi connectivity index (χ0n) is 12.3. The standard InChI is InChI=1S/C12H16ClN3O4S/c1-12(2,3)20-11(18)16-8-6(10(17)19-4)14-7(13)9(15-8)21-5/h1-5H3,(H,15,16,18). The maximum absolute atomic E-state index is 11.8. The summed E-state index contributed by atoms with van der Waals surface area (Å²) in [5.74, 6) is -0.826. The Kier molecular flexibility index (Phi) is 5.79. The number of methoxy groups -OCH3 is 1. The molecule has 0 saturated carbocycles. The van der Waals surface area contributed by atoms with Gasteiger partial charge < -0.3 is 9.47 Å². The third-order valence-corrected chi connectivity index (χ3v) is 3.06. The fraction of sp³-hybridized carbons (Fsp3) is 0.500. The van der Waals surface area contributed by atoms with Gasteiger partial charge >= 0.3 is 12.1 Å². The van der Waals surface area contributed by atoms with Gasteiger partial charge in [0.2, 0.25) is 0 Å². The zero-order valence-corrected chi connectivity index (χ0v) is 13.9. The van der Waals surface area contributed by atoms with Gasteiger partial charge in [-0.3, -0.25) is 5.32 Å². The monoisotopic (exact) mass is 333 g/mol. The van der Waals surface area contributed by atoms with Crippen LogP contribution in [-0.4, -0.2) is 41.0 Å². The summed E-state index contributed by atoms with van der Waals surface area (Å²) in [7, 11) is 1.19. The Balaban J connectivity index is 3.14. The average molecular weight is 334 g/mol. The molecule has 21 heavy (non-hydrogen) atoms. The third kappa shape index (κ3) is 5.05. The van der Waals surface area contributed by atoms with E-state index in [2.05, 4.69) is 20.0 Å². The lowest BCUT2D eigenvalue weighted by Crippen LogP contribution is -2.28. The molecule has 0 aliphatic heterocycles. The molecular formula is C12H16ClN3O4S. The van der Waals surface area contributed by atoms with Crippen LogP contribution < -0.4 is 5.32 Å². The molecule has 116 valence electrons. The number of halogens is 1. The van der Waals surface area contributed by atoms with E-state index in [1.165, 1.54) is 18.9 Å². The summed E-state index contributed by atoms with van der Waals surface area (Å²) < 4.78 is 9.69. The summed E-state index contributed by atoms with van der Waals surface area (Å²) in [6, 6.07) is 0. The average Bonchev–Trinajstić information content (AvgIpc) is 2.37. The minimum Gasteiger partial charge on any atom is -0.464 e. The summed E-state index contributed by atoms with van der Waals surface area (Å²) in [5, 5.41) is 2.80. The molecule has 1 heterocycles. The van der Waals surface area contributed by atoms with Crippen molar-refractivity contribution in [1.82, 2.24) is 9.97 Å². The topological polar surface area (TPSA) is 90.4 Å². The van der Waals surface area contributed by atoms with Crippen molar-refractivity contribution < 1.29 is 19.1 Å². The van der Waals surface area contributed by atoms with Gasteiger partial charge in [0.25, 0.3) is 0 Å². The first-order chi connectivity index (χ1) is 9.67. The molecule has 0 unspecified atom stereocenters. The number of hydrogen-bond acceptors (Lipinski definition) is 7. The Morgan fingerprint density at radius 1 is 1.29 bits per heavy atom. The van der Waals surface area contributed by atoms with E-state index < -0.39 is 17.7 Å². The van der Waals surface area contributed by atoms with Gasteiger partial charge in [0, 0.05) is 0 Å². The summed E-state index contributed by atoms with van der Waals surface area (Å²) in [6.45, 7) is 5.15. The fourth-order valence-electron chi connectivity index (χ4n) is 1.26. The summed E-state index contributed by atoms with van der Waals surface area (Å²) >= 11 is 7.13. The highest BCUT2D eigenvalue weighted by Gasteiger charge is 2.23. The lowest BCUT2D eigenvalue weighted by molar-refractivity contribution is 0.0594. The number of rotatable bonds is 3. The number of carbonyl (C=O) groups excluding carboxylic acids is 2. The predicted octanol–water partition coefficient (Wildman–Crippen LogP) is 2.99. The fourth-order valence-corrected chi connectivity index (χ4v) is 2.01. The van der Waals surface area contributed by atoms with Crippen LogP contribution in [0.1, 0.15) is 31.3 Å². The number of esters is 1. The Morgan fingerprint density at radius 2 is 1.90 bits per heavy atom. The maximum atomic E-state index is 11.8. The van der Waals surface area contributed by atoms with Gasteiger partial charge in [-0.05, 0) is 27.0 Å². The molecule has 1 N–H and O–H groups in total. The number of anilines is 1. The third-order valence-electron chi connectivity index (χ3n) is 2.02. The molecule has 0 saturated heterocycles. The quantitative estimate of drug-likeness (QED) is 0.671. The maximum Gasteiger partial charge on any atom is 0.413 e. The number of carbonyl (C=O) groups is 2. The van der Waals surface area contributed by atoms with Crippen molar-refractivity contribution in [1.29, 1.82) is 0 Å². The minimum atomic E-state index is -0.761. The second kappa shape index (κ2) is 6.95. The smallest absolute Gasteiger partial charge is 0.413 e. The molecule has 1 rings (SSSR count). The van der Waals surface area contributed by atoms with Crippen molar-refractivity contribution in [3.05, 3.63) is 10.8 Å². The van der Waals surface area contributed by atoms with Crippen molar-refractivity contribution in [3.8, 4) is 0 Å². The van der Waals surface area contributed by atoms with Gasteiger partial charge in [0.1, 0.15) is 10.6 Å². The van der Waals surface area contributed by atoms with Gasteiger partial charge in [-0.15, -0.1) is 11.8 Å². The molecule has 7 nitrogen and oxygen atoms in total. The van der Waals surface area contributed by atoms with Gasteiger partial charge in [-0.25, -0.2) is 19.6 Å². The number of hydrogen-bond donors (Lipinski definition) is 1. The van der Waals surface area contributed by atoms with Crippen molar-refractivity contribution in [2.45, 2.75) is 31.4 Å². The lowest BCUT2D eigenvalue weighted by Gasteiger charge is -2.20. The molecule has 0 radical (unpaired) electrons. The first-order valence-corrected chi connectivity index (χ1v) is 7.48. The minimum absolute atomic E-state index is 0.0534. The summed E-state index contributed by atoms with van der Waals surface area (Å²) in [6.07, 6.45) is 0.988. The number of amides is 1. The molecule has 0 atom stereocenters. The van der Waals surface area contributed by atoms with E-state index >= 15 is 0 Å². The zero-order chi connectivity index (χ0) is 16.2. The summed E-state index contributed by atoms with van der Waals surface area (Å²) in [5.41, 5.74) is -0.872. The molecule has 0 aliphatic rings. The van der Waals surface area contributed by atoms with E-state index in [9.17, 15) is 9.59 Å². The molecule has 1 aromatic rings. The van der Waals surface area contributed by atoms with E-state index in [4.69, 9.17) is 16.3 Å². The molecule has 0 aromatic carbocycles. The molecule has 0 bridgehead atoms. The van der Waals surface area contributed by atoms with Gasteiger partial charge in [0.15, 0.2) is 16.7 Å². The van der Waals surface area contributed by atoms with Gasteiger partial charge in [-0.1, -0.05) is 11.6 Å². The number of nitrogens with zero attached hydrogens (tertiary/aromatic N) is 2. The van der Waals surface area contributed by atoms with Crippen LogP contribution >= 0.6 is 23.4 Å². The van der Waals surface area contributed by atoms with Gasteiger partial charge in [-0.2, -0.15) is 0 Å². The second-order valence-electron chi connectivity index (χ2n) is 4.84. The Hall–Kier alpha value is -1.54. The Labute approximate surface area is 131 Å². The van der Waals surface area contributed by atoms with Crippen molar-refractivity contribution in [3.63, 3.8) is 0 Å². The lowest BCUT2D eigenvalue weighted by atomic mass is 10.2. The highest BCUT2D eigenvalue weighted by Crippen LogP contribution is 2.25. The molecule has 0 aliphatic carbocycles. The van der Waals surface area contributed by atoms with Crippen molar-refractivity contribution in [2.24, 2.45) is 0 Å². The molecular weight excluding hydrogens is 318 g/mol. The van der Waals surface area contributed by atoms with E-state index in [1.807, 2.05) is 0 Å². The second-order valence-corrected chi connectivity index (χ2v) is 5.99. The van der Waals surface area contributed by atoms with E-state index in [-0.39, 0.29) is 16.7 Å². The van der Waals surface area contributed by atoms with Crippen LogP contribution in [0.4, 0.5) is 10.6 Å². The molecule has 0 fully saturated rings. The highest BCUT2D eigenvalue weighted by molar-refractivity contribution is 7.98. The van der Waals surface area contributed by atoms with Crippen LogP contribution in [0, 0.1) is 0 Å². The van der Waals surface area contributed by atoms with Crippen molar-refractivity contribution in [2.75, 3.05) is 18.7 Å². The van der Waals surface area contributed by atoms with E-state index in [1.54, 1.807) is 27.0 Å². The van der Waals surface area contributed by atoms with Crippen LogP contribution in [0.5, 0.6) is 0 Å². The summed E-state index contributed by atoms with van der Waals surface area (Å²) in [4.78, 5) is 31.4. The number of nitrogens with one attached hydrogen (secondary N) is 1. The molecule has 1 aromatic heterocycles. The molecule has 9 heteroatoms.